The Hall–Kier alpha value is -4.90. The first-order chi connectivity index (χ1) is 20.5. The number of nitrogens with zero attached hydrogens (tertiary/aromatic N) is 2. The van der Waals surface area contributed by atoms with Gasteiger partial charge in [-0.25, -0.2) is 4.79 Å². The van der Waals surface area contributed by atoms with Gasteiger partial charge in [-0.15, -0.1) is 0 Å². The fourth-order valence-corrected chi connectivity index (χ4v) is 3.62. The first-order valence-corrected chi connectivity index (χ1v) is 13.4. The second kappa shape index (κ2) is 17.4. The van der Waals surface area contributed by atoms with Crippen molar-refractivity contribution in [3.05, 3.63) is 35.4 Å². The Morgan fingerprint density at radius 3 is 1.84 bits per heavy atom. The lowest BCUT2D eigenvalue weighted by Crippen LogP contribution is -2.59. The molecule has 15 nitrogen and oxygen atoms in total. The predicted molar refractivity (Wildman–Crippen MR) is 159 cm³/mol. The molecule has 0 fully saturated rings. The zero-order valence-electron chi connectivity index (χ0n) is 25.7. The molecule has 0 bridgehead atoms. The van der Waals surface area contributed by atoms with Crippen LogP contribution in [0.3, 0.4) is 0 Å². The number of carboxylic acid groups (broad SMARTS) is 1. The number of aliphatic imine (C=N–C) groups is 1. The summed E-state index contributed by atoms with van der Waals surface area (Å²) < 4.78 is 31.7. The fraction of sp³-hybridized carbons (Fsp3) is 0.519. The highest BCUT2D eigenvalue weighted by atomic mass is 19.4. The molecule has 0 aromatic heterocycles. The second-order valence-electron chi connectivity index (χ2n) is 11.1. The Morgan fingerprint density at radius 2 is 1.47 bits per heavy atom. The number of carbonyl (C=O) groups is 5. The van der Waals surface area contributed by atoms with Gasteiger partial charge in [0, 0.05) is 26.2 Å². The number of hydrogen-bond donors (Lipinski definition) is 8. The number of primary amides is 1. The van der Waals surface area contributed by atoms with E-state index in [2.05, 4.69) is 15.6 Å². The number of nitrogens with one attached hydrogen (secondary N) is 3. The van der Waals surface area contributed by atoms with E-state index in [0.29, 0.717) is 17.5 Å². The van der Waals surface area contributed by atoms with E-state index in [1.807, 2.05) is 0 Å². The van der Waals surface area contributed by atoms with E-state index in [0.717, 1.165) is 0 Å². The summed E-state index contributed by atoms with van der Waals surface area (Å²) in [5, 5.41) is 20.0. The van der Waals surface area contributed by atoms with Crippen molar-refractivity contribution in [1.29, 1.82) is 5.41 Å². The van der Waals surface area contributed by atoms with Gasteiger partial charge in [-0.3, -0.25) is 29.6 Å². The van der Waals surface area contributed by atoms with Crippen molar-refractivity contribution in [2.45, 2.75) is 58.3 Å². The van der Waals surface area contributed by atoms with Crippen molar-refractivity contribution in [3.8, 4) is 0 Å². The van der Waals surface area contributed by atoms with E-state index in [-0.39, 0.29) is 31.2 Å². The summed E-state index contributed by atoms with van der Waals surface area (Å²) in [6, 6.07) is 4.57. The molecule has 1 unspecified atom stereocenters. The molecule has 45 heavy (non-hydrogen) atoms. The smallest absolute Gasteiger partial charge is 0.475 e. The highest BCUT2D eigenvalue weighted by Gasteiger charge is 2.39. The number of aliphatic carboxylic acids is 1. The van der Waals surface area contributed by atoms with Crippen LogP contribution < -0.4 is 33.6 Å². The van der Waals surface area contributed by atoms with Gasteiger partial charge in [0.1, 0.15) is 23.8 Å². The molecule has 0 heterocycles. The predicted octanol–water partition coefficient (Wildman–Crippen LogP) is -0.595. The SMILES string of the molecule is CN(C)C(=O)C(Cc1ccc(C(=N)N)cc1)C(=O)N[C@H](C(=O)N[C@@H](CCCN=C(N)N)C(N)=O)C(C)(C)C.O=C(O)C(F)(F)F. The van der Waals surface area contributed by atoms with Crippen molar-refractivity contribution >= 4 is 41.4 Å². The van der Waals surface area contributed by atoms with Gasteiger partial charge in [0.05, 0.1) is 0 Å². The standard InChI is InChI=1S/C25H41N9O4.C2HF3O2/c1-25(2,3)18(22(37)32-17(20(28)35)7-6-12-31-24(29)30)33-21(36)16(23(38)34(4)5)13-14-8-10-15(11-9-14)19(26)27;3-2(4,5)1(6)7/h8-11,16-18H,6-7,12-13H2,1-5H3,(H3,26,27)(H2,28,35)(H,32,37)(H,33,36)(H4,29,30,31);(H,6,7)/t16?,17-,18+;/m0./s1. The number of nitrogen functional groups attached to an aromatic ring is 1. The largest absolute Gasteiger partial charge is 0.490 e. The lowest BCUT2D eigenvalue weighted by atomic mass is 9.85. The number of rotatable bonds is 13. The minimum atomic E-state index is -5.08. The van der Waals surface area contributed by atoms with Crippen LogP contribution in [-0.2, 0) is 30.4 Å². The monoisotopic (exact) mass is 645 g/mol. The lowest BCUT2D eigenvalue weighted by molar-refractivity contribution is -0.192. The lowest BCUT2D eigenvalue weighted by Gasteiger charge is -2.33. The Bertz CT molecular complexity index is 1240. The van der Waals surface area contributed by atoms with Gasteiger partial charge in [0.2, 0.25) is 23.6 Å². The summed E-state index contributed by atoms with van der Waals surface area (Å²) in [5.74, 6) is -6.50. The number of alkyl halides is 3. The van der Waals surface area contributed by atoms with Crippen molar-refractivity contribution in [2.75, 3.05) is 20.6 Å². The Balaban J connectivity index is 0.00000246. The van der Waals surface area contributed by atoms with Crippen LogP contribution in [-0.4, -0.2) is 90.3 Å². The molecule has 0 aliphatic carbocycles. The molecule has 0 aliphatic rings. The molecule has 4 amide bonds. The summed E-state index contributed by atoms with van der Waals surface area (Å²) in [7, 11) is 3.07. The number of guanidine groups is 1. The number of benzene rings is 1. The zero-order valence-corrected chi connectivity index (χ0v) is 25.7. The highest BCUT2D eigenvalue weighted by Crippen LogP contribution is 2.22. The Labute approximate surface area is 258 Å². The molecular weight excluding hydrogens is 603 g/mol. The normalized spacial score (nSPS) is 13.1. The maximum atomic E-state index is 13.4. The Kier molecular flexibility index (Phi) is 15.5. The van der Waals surface area contributed by atoms with Crippen LogP contribution in [0.15, 0.2) is 29.3 Å². The van der Waals surface area contributed by atoms with E-state index in [1.165, 1.54) is 19.0 Å². The van der Waals surface area contributed by atoms with Gasteiger partial charge >= 0.3 is 12.1 Å². The van der Waals surface area contributed by atoms with Gasteiger partial charge < -0.3 is 43.6 Å². The van der Waals surface area contributed by atoms with Gasteiger partial charge in [-0.2, -0.15) is 13.2 Å². The molecule has 0 radical (unpaired) electrons. The molecule has 1 rings (SSSR count). The molecule has 252 valence electrons. The summed E-state index contributed by atoms with van der Waals surface area (Å²) in [4.78, 5) is 65.6. The molecule has 12 N–H and O–H groups in total. The van der Waals surface area contributed by atoms with Crippen molar-refractivity contribution in [2.24, 2.45) is 39.3 Å². The van der Waals surface area contributed by atoms with Crippen LogP contribution in [0.1, 0.15) is 44.7 Å². The van der Waals surface area contributed by atoms with Crippen LogP contribution in [0, 0.1) is 16.7 Å². The number of amides is 4. The van der Waals surface area contributed by atoms with Gasteiger partial charge in [0.15, 0.2) is 5.96 Å². The molecule has 1 aromatic carbocycles. The topological polar surface area (TPSA) is 273 Å². The fourth-order valence-electron chi connectivity index (χ4n) is 3.62. The highest BCUT2D eigenvalue weighted by molar-refractivity contribution is 6.02. The quantitative estimate of drug-likeness (QED) is 0.0588. The second-order valence-corrected chi connectivity index (χ2v) is 11.1. The minimum Gasteiger partial charge on any atom is -0.475 e. The van der Waals surface area contributed by atoms with Crippen LogP contribution in [0.5, 0.6) is 0 Å². The number of nitrogens with two attached hydrogens (primary N) is 4. The molecule has 0 aliphatic heterocycles. The molecule has 0 spiro atoms. The van der Waals surface area contributed by atoms with Gasteiger partial charge in [-0.1, -0.05) is 45.0 Å². The van der Waals surface area contributed by atoms with Crippen molar-refractivity contribution in [3.63, 3.8) is 0 Å². The average Bonchev–Trinajstić information content (AvgIpc) is 2.90. The minimum absolute atomic E-state index is 0.0637. The van der Waals surface area contributed by atoms with Gasteiger partial charge in [0.25, 0.3) is 0 Å². The molecule has 3 atom stereocenters. The van der Waals surface area contributed by atoms with Crippen LogP contribution in [0.25, 0.3) is 0 Å². The number of halogens is 3. The number of carbonyl (C=O) groups excluding carboxylic acids is 4. The van der Waals surface area contributed by atoms with E-state index in [9.17, 15) is 32.3 Å². The summed E-state index contributed by atoms with van der Waals surface area (Å²) in [5.41, 5.74) is 22.0. The summed E-state index contributed by atoms with van der Waals surface area (Å²) in [6.07, 6.45) is -4.44. The number of amidine groups is 1. The molecule has 0 saturated heterocycles. The molecular formula is C27H42F3N9O6. The maximum absolute atomic E-state index is 13.4. The first kappa shape index (κ1) is 40.1. The molecule has 0 saturated carbocycles. The maximum Gasteiger partial charge on any atom is 0.490 e. The zero-order chi connectivity index (χ0) is 35.3. The van der Waals surface area contributed by atoms with Crippen molar-refractivity contribution < 1.29 is 42.3 Å². The van der Waals surface area contributed by atoms with Crippen molar-refractivity contribution in [1.82, 2.24) is 15.5 Å². The van der Waals surface area contributed by atoms with E-state index >= 15 is 0 Å². The van der Waals surface area contributed by atoms with Crippen LogP contribution in [0.4, 0.5) is 13.2 Å². The summed E-state index contributed by atoms with van der Waals surface area (Å²) in [6.45, 7) is 5.50. The third-order valence-corrected chi connectivity index (χ3v) is 6.02. The van der Waals surface area contributed by atoms with Crippen LogP contribution >= 0.6 is 0 Å². The van der Waals surface area contributed by atoms with E-state index in [4.69, 9.17) is 38.2 Å². The average molecular weight is 646 g/mol. The summed E-state index contributed by atoms with van der Waals surface area (Å²) >= 11 is 0. The third-order valence-electron chi connectivity index (χ3n) is 6.02. The van der Waals surface area contributed by atoms with E-state index in [1.54, 1.807) is 45.0 Å². The van der Waals surface area contributed by atoms with E-state index < -0.39 is 59.2 Å². The van der Waals surface area contributed by atoms with Gasteiger partial charge in [-0.05, 0) is 30.2 Å². The number of carboxylic acids is 1. The number of hydrogen-bond acceptors (Lipinski definition) is 7. The van der Waals surface area contributed by atoms with Crippen LogP contribution in [0.2, 0.25) is 0 Å². The third kappa shape index (κ3) is 14.9. The molecule has 18 heteroatoms. The Morgan fingerprint density at radius 1 is 0.956 bits per heavy atom. The first-order valence-electron chi connectivity index (χ1n) is 13.4. The molecule has 1 aromatic rings.